The third-order valence-electron chi connectivity index (χ3n) is 8.55. The number of fused-ring (bicyclic) bond motifs is 1. The SMILES string of the molecule is C[C@@H]1CCC[C@H](C)N1C1CCC(C)(N2C(=O)C(c3cccc(C(=N)N)c3)Sc3ccccc32)CC1. The molecule has 3 atom stereocenters. The van der Waals surface area contributed by atoms with Crippen molar-refractivity contribution in [3.63, 3.8) is 0 Å². The van der Waals surface area contributed by atoms with Crippen molar-refractivity contribution < 1.29 is 4.79 Å². The van der Waals surface area contributed by atoms with Crippen LogP contribution in [0.3, 0.4) is 0 Å². The van der Waals surface area contributed by atoms with E-state index >= 15 is 0 Å². The Morgan fingerprint density at radius 1 is 1.03 bits per heavy atom. The number of nitrogens with zero attached hydrogens (tertiary/aromatic N) is 2. The quantitative estimate of drug-likeness (QED) is 0.400. The molecule has 0 aromatic heterocycles. The highest BCUT2D eigenvalue weighted by molar-refractivity contribution is 8.00. The molecular formula is C29H38N4OS. The smallest absolute Gasteiger partial charge is 0.245 e. The lowest BCUT2D eigenvalue weighted by Crippen LogP contribution is -2.58. The molecule has 5 nitrogen and oxygen atoms in total. The fraction of sp³-hybridized carbons (Fsp3) is 0.517. The molecule has 1 saturated carbocycles. The molecule has 35 heavy (non-hydrogen) atoms. The maximum Gasteiger partial charge on any atom is 0.245 e. The fourth-order valence-electron chi connectivity index (χ4n) is 6.70. The second-order valence-corrected chi connectivity index (χ2v) is 12.1. The molecule has 1 unspecified atom stereocenters. The lowest BCUT2D eigenvalue weighted by atomic mass is 9.77. The van der Waals surface area contributed by atoms with Gasteiger partial charge >= 0.3 is 0 Å². The summed E-state index contributed by atoms with van der Waals surface area (Å²) < 4.78 is 0. The Hall–Kier alpha value is -2.31. The molecule has 2 heterocycles. The summed E-state index contributed by atoms with van der Waals surface area (Å²) in [5, 5.41) is 7.52. The van der Waals surface area contributed by atoms with Gasteiger partial charge in [-0.15, -0.1) is 11.8 Å². The zero-order valence-corrected chi connectivity index (χ0v) is 22.0. The van der Waals surface area contributed by atoms with E-state index in [4.69, 9.17) is 11.1 Å². The molecule has 2 aromatic carbocycles. The molecule has 5 rings (SSSR count). The van der Waals surface area contributed by atoms with E-state index in [1.807, 2.05) is 30.3 Å². The molecule has 2 aliphatic heterocycles. The van der Waals surface area contributed by atoms with Crippen LogP contribution in [0, 0.1) is 5.41 Å². The van der Waals surface area contributed by atoms with Crippen LogP contribution in [0.15, 0.2) is 53.4 Å². The van der Waals surface area contributed by atoms with Crippen LogP contribution in [-0.2, 0) is 4.79 Å². The fourth-order valence-corrected chi connectivity index (χ4v) is 7.88. The molecule has 3 N–H and O–H groups in total. The minimum atomic E-state index is -0.333. The number of piperidine rings is 1. The maximum absolute atomic E-state index is 14.2. The predicted octanol–water partition coefficient (Wildman–Crippen LogP) is 6.11. The van der Waals surface area contributed by atoms with Gasteiger partial charge in [-0.25, -0.2) is 0 Å². The number of anilines is 1. The third kappa shape index (κ3) is 4.51. The second-order valence-electron chi connectivity index (χ2n) is 11.0. The van der Waals surface area contributed by atoms with E-state index in [0.717, 1.165) is 41.8 Å². The molecule has 186 valence electrons. The Balaban J connectivity index is 1.44. The number of amides is 1. The van der Waals surface area contributed by atoms with Crippen LogP contribution in [0.5, 0.6) is 0 Å². The average Bonchev–Trinajstić information content (AvgIpc) is 2.84. The summed E-state index contributed by atoms with van der Waals surface area (Å²) in [6.07, 6.45) is 8.23. The molecule has 0 spiro atoms. The number of thioether (sulfide) groups is 1. The summed E-state index contributed by atoms with van der Waals surface area (Å²) in [6.45, 7) is 7.08. The van der Waals surface area contributed by atoms with Crippen molar-refractivity contribution in [3.05, 3.63) is 59.7 Å². The minimum absolute atomic E-state index is 0.0313. The van der Waals surface area contributed by atoms with E-state index in [1.54, 1.807) is 11.8 Å². The molecule has 6 heteroatoms. The summed E-state index contributed by atoms with van der Waals surface area (Å²) in [5.41, 5.74) is 8.18. The van der Waals surface area contributed by atoms with Gasteiger partial charge in [0, 0.05) is 34.1 Å². The van der Waals surface area contributed by atoms with Crippen molar-refractivity contribution in [1.29, 1.82) is 5.41 Å². The van der Waals surface area contributed by atoms with Gasteiger partial charge in [0.25, 0.3) is 0 Å². The first-order chi connectivity index (χ1) is 16.8. The van der Waals surface area contributed by atoms with E-state index in [0.29, 0.717) is 23.7 Å². The van der Waals surface area contributed by atoms with Crippen LogP contribution in [-0.4, -0.2) is 40.3 Å². The van der Waals surface area contributed by atoms with Gasteiger partial charge in [0.15, 0.2) is 0 Å². The molecule has 3 aliphatic rings. The minimum Gasteiger partial charge on any atom is -0.384 e. The van der Waals surface area contributed by atoms with E-state index in [9.17, 15) is 4.79 Å². The highest BCUT2D eigenvalue weighted by Crippen LogP contribution is 2.51. The number of carbonyl (C=O) groups is 1. The average molecular weight is 491 g/mol. The first kappa shape index (κ1) is 24.4. The van der Waals surface area contributed by atoms with Crippen molar-refractivity contribution in [2.75, 3.05) is 4.90 Å². The molecule has 1 saturated heterocycles. The van der Waals surface area contributed by atoms with Crippen LogP contribution >= 0.6 is 11.8 Å². The highest BCUT2D eigenvalue weighted by Gasteiger charge is 2.47. The van der Waals surface area contributed by atoms with Crippen LogP contribution in [0.4, 0.5) is 5.69 Å². The molecule has 0 radical (unpaired) electrons. The third-order valence-corrected chi connectivity index (χ3v) is 9.86. The van der Waals surface area contributed by atoms with Gasteiger partial charge in [-0.1, -0.05) is 36.8 Å². The molecule has 0 bridgehead atoms. The summed E-state index contributed by atoms with van der Waals surface area (Å²) in [6, 6.07) is 17.9. The van der Waals surface area contributed by atoms with Gasteiger partial charge in [0.2, 0.25) is 5.91 Å². The van der Waals surface area contributed by atoms with Crippen LogP contribution in [0.25, 0.3) is 0 Å². The van der Waals surface area contributed by atoms with Crippen molar-refractivity contribution in [2.24, 2.45) is 5.73 Å². The zero-order chi connectivity index (χ0) is 24.7. The molecule has 2 aromatic rings. The van der Waals surface area contributed by atoms with Gasteiger partial charge in [-0.2, -0.15) is 0 Å². The number of nitrogens with two attached hydrogens (primary N) is 1. The van der Waals surface area contributed by atoms with Gasteiger partial charge in [-0.05, 0) is 83.1 Å². The first-order valence-corrected chi connectivity index (χ1v) is 14.0. The Labute approximate surface area is 214 Å². The number of nitrogens with one attached hydrogen (secondary N) is 1. The predicted molar refractivity (Wildman–Crippen MR) is 145 cm³/mol. The van der Waals surface area contributed by atoms with Crippen molar-refractivity contribution in [2.45, 2.75) is 99.5 Å². The molecular weight excluding hydrogens is 452 g/mol. The zero-order valence-electron chi connectivity index (χ0n) is 21.2. The molecule has 1 amide bonds. The van der Waals surface area contributed by atoms with Gasteiger partial charge < -0.3 is 10.6 Å². The van der Waals surface area contributed by atoms with Crippen LogP contribution < -0.4 is 10.6 Å². The Kier molecular flexibility index (Phi) is 6.71. The van der Waals surface area contributed by atoms with Crippen molar-refractivity contribution >= 4 is 29.2 Å². The normalized spacial score (nSPS) is 31.7. The number of nitrogen functional groups attached to an aromatic ring is 1. The summed E-state index contributed by atoms with van der Waals surface area (Å²) in [4.78, 5) is 20.2. The molecule has 1 aliphatic carbocycles. The van der Waals surface area contributed by atoms with E-state index in [2.05, 4.69) is 48.8 Å². The van der Waals surface area contributed by atoms with E-state index in [-0.39, 0.29) is 22.5 Å². The molecule has 2 fully saturated rings. The first-order valence-electron chi connectivity index (χ1n) is 13.1. The van der Waals surface area contributed by atoms with Gasteiger partial charge in [-0.3, -0.25) is 15.1 Å². The summed E-state index contributed by atoms with van der Waals surface area (Å²) >= 11 is 1.62. The lowest BCUT2D eigenvalue weighted by molar-refractivity contribution is -0.120. The van der Waals surface area contributed by atoms with E-state index in [1.165, 1.54) is 19.3 Å². The number of rotatable bonds is 4. The van der Waals surface area contributed by atoms with Gasteiger partial charge in [0.05, 0.1) is 5.69 Å². The Morgan fingerprint density at radius 2 is 1.71 bits per heavy atom. The number of amidine groups is 1. The van der Waals surface area contributed by atoms with Crippen LogP contribution in [0.2, 0.25) is 0 Å². The lowest BCUT2D eigenvalue weighted by Gasteiger charge is -2.52. The monoisotopic (exact) mass is 490 g/mol. The van der Waals surface area contributed by atoms with Crippen molar-refractivity contribution in [3.8, 4) is 0 Å². The Morgan fingerprint density at radius 3 is 2.40 bits per heavy atom. The van der Waals surface area contributed by atoms with E-state index < -0.39 is 0 Å². The second kappa shape index (κ2) is 9.62. The van der Waals surface area contributed by atoms with Gasteiger partial charge in [0.1, 0.15) is 11.1 Å². The number of carbonyl (C=O) groups excluding carboxylic acids is 1. The maximum atomic E-state index is 14.2. The number of likely N-dealkylation sites (tertiary alicyclic amines) is 1. The topological polar surface area (TPSA) is 73.4 Å². The number of hydrogen-bond donors (Lipinski definition) is 2. The largest absolute Gasteiger partial charge is 0.384 e. The number of hydrogen-bond acceptors (Lipinski definition) is 4. The highest BCUT2D eigenvalue weighted by atomic mass is 32.2. The Bertz CT molecular complexity index is 1100. The number of benzene rings is 2. The number of para-hydroxylation sites is 1. The summed E-state index contributed by atoms with van der Waals surface area (Å²) in [7, 11) is 0. The van der Waals surface area contributed by atoms with Crippen LogP contribution in [0.1, 0.15) is 82.1 Å². The van der Waals surface area contributed by atoms with Crippen molar-refractivity contribution in [1.82, 2.24) is 4.90 Å². The standard InChI is InChI=1S/C29H38N4OS/c1-19-8-6-9-20(2)32(19)23-14-16-29(3,17-15-23)33-24-12-4-5-13-25(24)35-26(28(33)34)21-10-7-11-22(18-21)27(30)31/h4-5,7,10-13,18-20,23,26H,6,8-9,14-17H2,1-3H3,(H3,30,31)/t19-,20+,23?,26?,29?. The summed E-state index contributed by atoms with van der Waals surface area (Å²) in [5.74, 6) is 0.180.